The van der Waals surface area contributed by atoms with Crippen LogP contribution >= 0.6 is 0 Å². The van der Waals surface area contributed by atoms with Gasteiger partial charge in [0.05, 0.1) is 12.5 Å². The van der Waals surface area contributed by atoms with E-state index < -0.39 is 0 Å². The number of hydrogen-bond donors (Lipinski definition) is 0. The number of hydrogen-bond acceptors (Lipinski definition) is 3. The topological polar surface area (TPSA) is 39.4 Å². The summed E-state index contributed by atoms with van der Waals surface area (Å²) in [5, 5.41) is 0.551. The molecule has 0 aliphatic rings. The number of methoxy groups -OCH3 is 1. The molecule has 0 saturated carbocycles. The monoisotopic (exact) mass is 336 g/mol. The number of ether oxygens (including phenoxy) is 1. The van der Waals surface area contributed by atoms with Gasteiger partial charge in [0.25, 0.3) is 0 Å². The SMILES string of the molecule is COc1c(-c2ccc(C(C)(C)C)cc2)oc2cc(C)c(C)cc2c1=O. The van der Waals surface area contributed by atoms with Crippen molar-refractivity contribution in [3.63, 3.8) is 0 Å². The van der Waals surface area contributed by atoms with Crippen molar-refractivity contribution in [2.45, 2.75) is 40.0 Å². The highest BCUT2D eigenvalue weighted by Gasteiger charge is 2.19. The number of benzene rings is 2. The van der Waals surface area contributed by atoms with Gasteiger partial charge in [0.2, 0.25) is 11.2 Å². The van der Waals surface area contributed by atoms with E-state index in [1.165, 1.54) is 12.7 Å². The maximum absolute atomic E-state index is 12.9. The van der Waals surface area contributed by atoms with Gasteiger partial charge in [-0.15, -0.1) is 0 Å². The van der Waals surface area contributed by atoms with E-state index >= 15 is 0 Å². The summed E-state index contributed by atoms with van der Waals surface area (Å²) in [6.45, 7) is 10.5. The minimum Gasteiger partial charge on any atom is -0.490 e. The first kappa shape index (κ1) is 17.3. The molecule has 1 heterocycles. The van der Waals surface area contributed by atoms with Gasteiger partial charge in [-0.2, -0.15) is 0 Å². The van der Waals surface area contributed by atoms with E-state index in [-0.39, 0.29) is 16.6 Å². The van der Waals surface area contributed by atoms with Crippen LogP contribution in [0.2, 0.25) is 0 Å². The number of aryl methyl sites for hydroxylation is 2. The molecule has 3 rings (SSSR count). The van der Waals surface area contributed by atoms with Crippen molar-refractivity contribution in [3.05, 3.63) is 63.3 Å². The first-order valence-corrected chi connectivity index (χ1v) is 8.45. The van der Waals surface area contributed by atoms with Gasteiger partial charge in [0.1, 0.15) is 5.58 Å². The predicted octanol–water partition coefficient (Wildman–Crippen LogP) is 5.38. The van der Waals surface area contributed by atoms with E-state index in [1.807, 2.05) is 38.1 Å². The second-order valence-electron chi connectivity index (χ2n) is 7.55. The van der Waals surface area contributed by atoms with Gasteiger partial charge in [-0.05, 0) is 48.1 Å². The van der Waals surface area contributed by atoms with Crippen LogP contribution in [-0.4, -0.2) is 7.11 Å². The second kappa shape index (κ2) is 6.07. The predicted molar refractivity (Wildman–Crippen MR) is 103 cm³/mol. The molecule has 0 fully saturated rings. The lowest BCUT2D eigenvalue weighted by Gasteiger charge is -2.19. The normalized spacial score (nSPS) is 11.8. The zero-order valence-corrected chi connectivity index (χ0v) is 15.7. The molecule has 0 atom stereocenters. The molecule has 0 spiro atoms. The fraction of sp³-hybridized carbons (Fsp3) is 0.318. The quantitative estimate of drug-likeness (QED) is 0.630. The molecule has 3 nitrogen and oxygen atoms in total. The Bertz CT molecular complexity index is 987. The molecule has 0 saturated heterocycles. The zero-order chi connectivity index (χ0) is 18.4. The van der Waals surface area contributed by atoms with E-state index in [0.717, 1.165) is 16.7 Å². The largest absolute Gasteiger partial charge is 0.490 e. The van der Waals surface area contributed by atoms with Crippen LogP contribution in [0.25, 0.3) is 22.3 Å². The molecule has 3 heteroatoms. The standard InChI is InChI=1S/C22H24O3/c1-13-11-17-18(12-14(13)2)25-20(21(24-6)19(17)23)15-7-9-16(10-8-15)22(3,4)5/h7-12H,1-6H3. The van der Waals surface area contributed by atoms with Gasteiger partial charge < -0.3 is 9.15 Å². The Labute approximate surface area is 148 Å². The maximum atomic E-state index is 12.9. The van der Waals surface area contributed by atoms with E-state index in [1.54, 1.807) is 0 Å². The van der Waals surface area contributed by atoms with Crippen LogP contribution in [0, 0.1) is 13.8 Å². The van der Waals surface area contributed by atoms with Crippen molar-refractivity contribution in [2.24, 2.45) is 0 Å². The summed E-state index contributed by atoms with van der Waals surface area (Å²) in [6.07, 6.45) is 0. The molecule has 0 unspecified atom stereocenters. The van der Waals surface area contributed by atoms with E-state index in [4.69, 9.17) is 9.15 Å². The number of fused-ring (bicyclic) bond motifs is 1. The summed E-state index contributed by atoms with van der Waals surface area (Å²) in [7, 11) is 1.51. The minimum absolute atomic E-state index is 0.0709. The van der Waals surface area contributed by atoms with Crippen LogP contribution in [0.15, 0.2) is 45.6 Å². The molecular formula is C22H24O3. The summed E-state index contributed by atoms with van der Waals surface area (Å²) < 4.78 is 11.5. The van der Waals surface area contributed by atoms with Crippen LogP contribution in [0.3, 0.4) is 0 Å². The summed E-state index contributed by atoms with van der Waals surface area (Å²) in [5.74, 6) is 0.725. The summed E-state index contributed by atoms with van der Waals surface area (Å²) >= 11 is 0. The van der Waals surface area contributed by atoms with Crippen LogP contribution < -0.4 is 10.2 Å². The number of rotatable bonds is 2. The van der Waals surface area contributed by atoms with Gasteiger partial charge in [-0.1, -0.05) is 45.0 Å². The summed E-state index contributed by atoms with van der Waals surface area (Å²) in [4.78, 5) is 12.9. The smallest absolute Gasteiger partial charge is 0.235 e. The molecule has 0 aliphatic heterocycles. The third kappa shape index (κ3) is 3.07. The Morgan fingerprint density at radius 1 is 0.960 bits per heavy atom. The highest BCUT2D eigenvalue weighted by molar-refractivity contribution is 5.83. The van der Waals surface area contributed by atoms with Gasteiger partial charge in [0.15, 0.2) is 5.76 Å². The third-order valence-corrected chi connectivity index (χ3v) is 4.68. The van der Waals surface area contributed by atoms with Gasteiger partial charge in [0, 0.05) is 5.56 Å². The Morgan fingerprint density at radius 2 is 1.56 bits per heavy atom. The van der Waals surface area contributed by atoms with E-state index in [2.05, 4.69) is 32.9 Å². The summed E-state index contributed by atoms with van der Waals surface area (Å²) in [6, 6.07) is 11.9. The molecule has 0 radical (unpaired) electrons. The molecule has 0 bridgehead atoms. The van der Waals surface area contributed by atoms with Crippen LogP contribution in [0.5, 0.6) is 5.75 Å². The van der Waals surface area contributed by atoms with Crippen molar-refractivity contribution in [3.8, 4) is 17.1 Å². The van der Waals surface area contributed by atoms with E-state index in [0.29, 0.717) is 16.7 Å². The first-order chi connectivity index (χ1) is 11.7. The molecule has 1 aromatic heterocycles. The fourth-order valence-corrected chi connectivity index (χ4v) is 2.93. The van der Waals surface area contributed by atoms with Crippen molar-refractivity contribution in [1.29, 1.82) is 0 Å². The molecule has 2 aromatic carbocycles. The average Bonchev–Trinajstić information content (AvgIpc) is 2.56. The van der Waals surface area contributed by atoms with Crippen molar-refractivity contribution in [2.75, 3.05) is 7.11 Å². The Morgan fingerprint density at radius 3 is 2.12 bits per heavy atom. The molecular weight excluding hydrogens is 312 g/mol. The van der Waals surface area contributed by atoms with Crippen molar-refractivity contribution >= 4 is 11.0 Å². The van der Waals surface area contributed by atoms with E-state index in [9.17, 15) is 4.79 Å². The molecule has 0 amide bonds. The fourth-order valence-electron chi connectivity index (χ4n) is 2.93. The second-order valence-corrected chi connectivity index (χ2v) is 7.55. The molecule has 0 aliphatic carbocycles. The van der Waals surface area contributed by atoms with Crippen LogP contribution in [0.4, 0.5) is 0 Å². The Hall–Kier alpha value is -2.55. The van der Waals surface area contributed by atoms with Crippen molar-refractivity contribution < 1.29 is 9.15 Å². The third-order valence-electron chi connectivity index (χ3n) is 4.68. The van der Waals surface area contributed by atoms with Crippen LogP contribution in [0.1, 0.15) is 37.5 Å². The van der Waals surface area contributed by atoms with Crippen molar-refractivity contribution in [1.82, 2.24) is 0 Å². The lowest BCUT2D eigenvalue weighted by Crippen LogP contribution is -2.11. The molecule has 3 aromatic rings. The molecule has 130 valence electrons. The average molecular weight is 336 g/mol. The minimum atomic E-state index is -0.137. The summed E-state index contributed by atoms with van der Waals surface area (Å²) in [5.41, 5.74) is 4.73. The van der Waals surface area contributed by atoms with Gasteiger partial charge in [-0.3, -0.25) is 4.79 Å². The van der Waals surface area contributed by atoms with Gasteiger partial charge in [-0.25, -0.2) is 0 Å². The zero-order valence-electron chi connectivity index (χ0n) is 15.7. The highest BCUT2D eigenvalue weighted by Crippen LogP contribution is 2.33. The van der Waals surface area contributed by atoms with Gasteiger partial charge >= 0.3 is 0 Å². The maximum Gasteiger partial charge on any atom is 0.235 e. The Balaban J connectivity index is 2.25. The molecule has 25 heavy (non-hydrogen) atoms. The highest BCUT2D eigenvalue weighted by atomic mass is 16.5. The Kier molecular flexibility index (Phi) is 4.19. The lowest BCUT2D eigenvalue weighted by molar-refractivity contribution is 0.398. The first-order valence-electron chi connectivity index (χ1n) is 8.45. The lowest BCUT2D eigenvalue weighted by atomic mass is 9.86. The molecule has 0 N–H and O–H groups in total. The van der Waals surface area contributed by atoms with Crippen LogP contribution in [-0.2, 0) is 5.41 Å².